The van der Waals surface area contributed by atoms with Crippen molar-refractivity contribution in [2.24, 2.45) is 0 Å². The predicted molar refractivity (Wildman–Crippen MR) is 75.5 cm³/mol. The van der Waals surface area contributed by atoms with Crippen LogP contribution in [0.25, 0.3) is 0 Å². The monoisotopic (exact) mass is 296 g/mol. The maximum atomic E-state index is 9.13. The third-order valence-corrected chi connectivity index (χ3v) is 6.16. The Morgan fingerprint density at radius 2 is 1.19 bits per heavy atom. The Kier molecular flexibility index (Phi) is 4.31. The zero-order chi connectivity index (χ0) is 11.7. The largest absolute Gasteiger partial charge is 0.389 e. The number of thiocarbonyl (C=S) groups is 2. The van der Waals surface area contributed by atoms with Gasteiger partial charge in [-0.3, -0.25) is 0 Å². The van der Waals surface area contributed by atoms with E-state index in [1.54, 1.807) is 0 Å². The fourth-order valence-electron chi connectivity index (χ4n) is 1.39. The number of hydrogen-bond acceptors (Lipinski definition) is 6. The minimum Gasteiger partial charge on any atom is -0.389 e. The first-order valence-electron chi connectivity index (χ1n) is 4.84. The summed E-state index contributed by atoms with van der Waals surface area (Å²) in [6.07, 6.45) is -0.470. The molecule has 0 saturated carbocycles. The van der Waals surface area contributed by atoms with Gasteiger partial charge in [-0.05, 0) is 21.6 Å². The average molecular weight is 296 g/mol. The molecule has 0 amide bonds. The van der Waals surface area contributed by atoms with E-state index < -0.39 is 0 Å². The van der Waals surface area contributed by atoms with Crippen molar-refractivity contribution in [1.82, 2.24) is 9.80 Å². The van der Waals surface area contributed by atoms with E-state index in [2.05, 4.69) is 0 Å². The molecular weight excluding hydrogens is 284 g/mol. The Bertz CT molecular complexity index is 272. The number of aliphatic hydroxyl groups is 2. The standard InChI is InChI=1S/C8H12N2O2S4/c11-5-1-9(2-5)7(13)15-16-8(14)10-3-6(12)4-10/h5-6,11-12H,1-4H2. The molecule has 90 valence electrons. The van der Waals surface area contributed by atoms with E-state index in [-0.39, 0.29) is 12.2 Å². The molecule has 0 spiro atoms. The maximum Gasteiger partial charge on any atom is 0.147 e. The van der Waals surface area contributed by atoms with Crippen LogP contribution in [-0.2, 0) is 0 Å². The van der Waals surface area contributed by atoms with E-state index in [1.165, 1.54) is 21.6 Å². The van der Waals surface area contributed by atoms with Crippen LogP contribution in [0, 0.1) is 0 Å². The van der Waals surface area contributed by atoms with Crippen molar-refractivity contribution < 1.29 is 10.2 Å². The molecule has 0 aliphatic carbocycles. The molecule has 2 heterocycles. The van der Waals surface area contributed by atoms with Gasteiger partial charge in [-0.2, -0.15) is 0 Å². The van der Waals surface area contributed by atoms with Crippen LogP contribution in [0.5, 0.6) is 0 Å². The van der Waals surface area contributed by atoms with Gasteiger partial charge in [0.2, 0.25) is 0 Å². The highest BCUT2D eigenvalue weighted by molar-refractivity contribution is 8.89. The van der Waals surface area contributed by atoms with Crippen molar-refractivity contribution in [3.63, 3.8) is 0 Å². The first-order chi connectivity index (χ1) is 7.56. The van der Waals surface area contributed by atoms with Crippen molar-refractivity contribution in [2.45, 2.75) is 12.2 Å². The van der Waals surface area contributed by atoms with Gasteiger partial charge >= 0.3 is 0 Å². The van der Waals surface area contributed by atoms with E-state index in [0.717, 1.165) is 8.64 Å². The summed E-state index contributed by atoms with van der Waals surface area (Å²) in [6, 6.07) is 0. The lowest BCUT2D eigenvalue weighted by Gasteiger charge is -2.39. The molecule has 4 nitrogen and oxygen atoms in total. The summed E-state index contributed by atoms with van der Waals surface area (Å²) in [5.41, 5.74) is 0. The Morgan fingerprint density at radius 3 is 1.44 bits per heavy atom. The molecule has 2 aliphatic heterocycles. The summed E-state index contributed by atoms with van der Waals surface area (Å²) in [6.45, 7) is 2.51. The molecule has 2 saturated heterocycles. The van der Waals surface area contributed by atoms with Gasteiger partial charge in [-0.1, -0.05) is 24.4 Å². The molecule has 0 atom stereocenters. The van der Waals surface area contributed by atoms with Crippen molar-refractivity contribution in [3.8, 4) is 0 Å². The molecule has 0 aromatic heterocycles. The quantitative estimate of drug-likeness (QED) is 0.489. The summed E-state index contributed by atoms with van der Waals surface area (Å²) >= 11 is 10.4. The van der Waals surface area contributed by atoms with Crippen LogP contribution in [0.3, 0.4) is 0 Å². The molecule has 2 aliphatic rings. The van der Waals surface area contributed by atoms with Crippen LogP contribution in [0.15, 0.2) is 0 Å². The number of β-amino-alcohol motifs (C(OH)–C–C–N with tert-alkyl or cyclic N) is 2. The van der Waals surface area contributed by atoms with Crippen LogP contribution in [0.2, 0.25) is 0 Å². The number of rotatable bonds is 0. The number of aliphatic hydroxyl groups excluding tert-OH is 2. The minimum atomic E-state index is -0.235. The van der Waals surface area contributed by atoms with E-state index in [1.807, 2.05) is 9.80 Å². The van der Waals surface area contributed by atoms with Gasteiger partial charge < -0.3 is 20.0 Å². The summed E-state index contributed by atoms with van der Waals surface area (Å²) in [4.78, 5) is 3.90. The molecule has 0 radical (unpaired) electrons. The van der Waals surface area contributed by atoms with Gasteiger partial charge in [0.05, 0.1) is 12.2 Å². The van der Waals surface area contributed by atoms with Gasteiger partial charge in [-0.25, -0.2) is 0 Å². The second kappa shape index (κ2) is 5.36. The molecule has 8 heteroatoms. The fourth-order valence-corrected chi connectivity index (χ4v) is 4.01. The first kappa shape index (κ1) is 12.8. The fraction of sp³-hybridized carbons (Fsp3) is 0.750. The van der Waals surface area contributed by atoms with Crippen molar-refractivity contribution in [1.29, 1.82) is 0 Å². The van der Waals surface area contributed by atoms with Gasteiger partial charge in [0.1, 0.15) is 8.64 Å². The van der Waals surface area contributed by atoms with Gasteiger partial charge in [0.25, 0.3) is 0 Å². The lowest BCUT2D eigenvalue weighted by atomic mass is 10.2. The third-order valence-electron chi connectivity index (χ3n) is 2.43. The van der Waals surface area contributed by atoms with Crippen LogP contribution in [-0.4, -0.2) is 67.0 Å². The lowest BCUT2D eigenvalue weighted by molar-refractivity contribution is 0.0498. The van der Waals surface area contributed by atoms with E-state index in [9.17, 15) is 0 Å². The summed E-state index contributed by atoms with van der Waals surface area (Å²) in [5.74, 6) is 0. The SMILES string of the molecule is OC1CN(C(=S)SSC(=S)N2CC(O)C2)C1. The van der Waals surface area contributed by atoms with E-state index >= 15 is 0 Å². The molecule has 16 heavy (non-hydrogen) atoms. The molecule has 2 fully saturated rings. The lowest BCUT2D eigenvalue weighted by Crippen LogP contribution is -2.52. The zero-order valence-electron chi connectivity index (χ0n) is 8.40. The molecule has 2 rings (SSSR count). The normalized spacial score (nSPS) is 21.6. The highest BCUT2D eigenvalue weighted by Gasteiger charge is 2.29. The van der Waals surface area contributed by atoms with Gasteiger partial charge in [-0.15, -0.1) is 0 Å². The van der Waals surface area contributed by atoms with Crippen molar-refractivity contribution >= 4 is 54.7 Å². The summed E-state index contributed by atoms with van der Waals surface area (Å²) in [5, 5.41) is 18.3. The molecule has 0 aromatic carbocycles. The zero-order valence-corrected chi connectivity index (χ0v) is 11.7. The molecular formula is C8H12N2O2S4. The first-order valence-corrected chi connectivity index (χ1v) is 7.81. The molecule has 0 bridgehead atoms. The van der Waals surface area contributed by atoms with E-state index in [4.69, 9.17) is 34.6 Å². The second-order valence-electron chi connectivity index (χ2n) is 3.82. The van der Waals surface area contributed by atoms with Crippen LogP contribution in [0.1, 0.15) is 0 Å². The number of nitrogens with zero attached hydrogens (tertiary/aromatic N) is 2. The molecule has 0 aromatic rings. The van der Waals surface area contributed by atoms with Gasteiger partial charge in [0, 0.05) is 26.2 Å². The highest BCUT2D eigenvalue weighted by atomic mass is 33.1. The number of likely N-dealkylation sites (tertiary alicyclic amines) is 2. The Balaban J connectivity index is 1.63. The summed E-state index contributed by atoms with van der Waals surface area (Å²) < 4.78 is 1.53. The van der Waals surface area contributed by atoms with E-state index in [0.29, 0.717) is 26.2 Å². The predicted octanol–water partition coefficient (Wildman–Crippen LogP) is 0.291. The van der Waals surface area contributed by atoms with Crippen molar-refractivity contribution in [3.05, 3.63) is 0 Å². The Hall–Kier alpha value is 0.400. The molecule has 2 N–H and O–H groups in total. The Labute approximate surface area is 113 Å². The summed E-state index contributed by atoms with van der Waals surface area (Å²) in [7, 11) is 2.90. The van der Waals surface area contributed by atoms with Gasteiger partial charge in [0.15, 0.2) is 0 Å². The average Bonchev–Trinajstić information content (AvgIpc) is 2.16. The topological polar surface area (TPSA) is 46.9 Å². The van der Waals surface area contributed by atoms with Crippen LogP contribution >= 0.6 is 46.0 Å². The van der Waals surface area contributed by atoms with Crippen LogP contribution in [0.4, 0.5) is 0 Å². The smallest absolute Gasteiger partial charge is 0.147 e. The molecule has 0 unspecified atom stereocenters. The minimum absolute atomic E-state index is 0.235. The highest BCUT2D eigenvalue weighted by Crippen LogP contribution is 2.31. The second-order valence-corrected chi connectivity index (χ2v) is 7.21. The Morgan fingerprint density at radius 1 is 0.875 bits per heavy atom. The van der Waals surface area contributed by atoms with Crippen molar-refractivity contribution in [2.75, 3.05) is 26.2 Å². The third kappa shape index (κ3) is 2.99. The number of hydrogen-bond donors (Lipinski definition) is 2. The van der Waals surface area contributed by atoms with Crippen LogP contribution < -0.4 is 0 Å². The maximum absolute atomic E-state index is 9.13.